The monoisotopic (exact) mass is 252 g/mol. The summed E-state index contributed by atoms with van der Waals surface area (Å²) in [6.07, 6.45) is 1.25. The largest absolute Gasteiger partial charge is 0.347 e. The smallest absolute Gasteiger partial charge is 0.242 e. The van der Waals surface area contributed by atoms with Crippen LogP contribution in [0.4, 0.5) is 0 Å². The quantitative estimate of drug-likeness (QED) is 0.873. The van der Waals surface area contributed by atoms with E-state index >= 15 is 0 Å². The molecule has 0 bridgehead atoms. The van der Waals surface area contributed by atoms with Crippen LogP contribution < -0.4 is 5.32 Å². The maximum Gasteiger partial charge on any atom is 0.242 e. The van der Waals surface area contributed by atoms with E-state index in [0.29, 0.717) is 13.0 Å². The summed E-state index contributed by atoms with van der Waals surface area (Å²) in [5.74, 6) is -0.0258. The first-order valence-electron chi connectivity index (χ1n) is 5.74. The van der Waals surface area contributed by atoms with Crippen molar-refractivity contribution in [2.75, 3.05) is 13.1 Å². The van der Waals surface area contributed by atoms with Crippen LogP contribution in [0.5, 0.6) is 0 Å². The number of rotatable bonds is 3. The van der Waals surface area contributed by atoms with Gasteiger partial charge in [0, 0.05) is 19.0 Å². The summed E-state index contributed by atoms with van der Waals surface area (Å²) in [7, 11) is 0. The lowest BCUT2D eigenvalue weighted by Crippen LogP contribution is -2.42. The Kier molecular flexibility index (Phi) is 3.78. The molecule has 1 N–H and O–H groups in total. The molecule has 1 atom stereocenters. The molecule has 1 aromatic rings. The highest BCUT2D eigenvalue weighted by Gasteiger charge is 2.24. The first kappa shape index (κ1) is 12.1. The number of hydrogen-bond donors (Lipinski definition) is 1. The van der Waals surface area contributed by atoms with E-state index in [9.17, 15) is 9.59 Å². The van der Waals surface area contributed by atoms with Crippen molar-refractivity contribution in [1.29, 1.82) is 0 Å². The Hall–Kier alpha value is -1.36. The molecule has 2 rings (SSSR count). The number of carbonyl (C=O) groups excluding carboxylic acids is 2. The van der Waals surface area contributed by atoms with Crippen LogP contribution in [0, 0.1) is 0 Å². The van der Waals surface area contributed by atoms with Gasteiger partial charge in [-0.15, -0.1) is 0 Å². The fourth-order valence-corrected chi connectivity index (χ4v) is 2.72. The first-order chi connectivity index (χ1) is 8.16. The number of hydrogen-bond acceptors (Lipinski definition) is 3. The molecule has 1 aromatic heterocycles. The fourth-order valence-electron chi connectivity index (χ4n) is 2.04. The van der Waals surface area contributed by atoms with Crippen LogP contribution in [0.3, 0.4) is 0 Å². The highest BCUT2D eigenvalue weighted by atomic mass is 32.1. The molecule has 0 aliphatic carbocycles. The van der Waals surface area contributed by atoms with Crippen molar-refractivity contribution in [3.05, 3.63) is 22.4 Å². The van der Waals surface area contributed by atoms with Crippen molar-refractivity contribution in [3.63, 3.8) is 0 Å². The van der Waals surface area contributed by atoms with E-state index in [1.54, 1.807) is 16.2 Å². The van der Waals surface area contributed by atoms with Crippen LogP contribution in [0.2, 0.25) is 0 Å². The molecule has 1 saturated heterocycles. The van der Waals surface area contributed by atoms with Gasteiger partial charge in [0.15, 0.2) is 0 Å². The molecule has 1 aliphatic rings. The van der Waals surface area contributed by atoms with Gasteiger partial charge in [0.2, 0.25) is 11.8 Å². The van der Waals surface area contributed by atoms with Crippen LogP contribution in [-0.2, 0) is 16.0 Å². The van der Waals surface area contributed by atoms with Crippen molar-refractivity contribution in [2.24, 2.45) is 0 Å². The van der Waals surface area contributed by atoms with Crippen molar-refractivity contribution >= 4 is 23.2 Å². The van der Waals surface area contributed by atoms with Gasteiger partial charge in [0.25, 0.3) is 0 Å². The molecule has 1 fully saturated rings. The van der Waals surface area contributed by atoms with E-state index in [1.165, 1.54) is 5.56 Å². The number of nitrogens with zero attached hydrogens (tertiary/aromatic N) is 1. The van der Waals surface area contributed by atoms with Crippen LogP contribution >= 0.6 is 11.3 Å². The summed E-state index contributed by atoms with van der Waals surface area (Å²) in [6.45, 7) is 2.69. The number of carbonyl (C=O) groups is 2. The third-order valence-corrected chi connectivity index (χ3v) is 3.71. The van der Waals surface area contributed by atoms with E-state index in [2.05, 4.69) is 16.8 Å². The van der Waals surface area contributed by atoms with Crippen LogP contribution in [-0.4, -0.2) is 35.8 Å². The maximum absolute atomic E-state index is 11.8. The molecule has 0 saturated carbocycles. The summed E-state index contributed by atoms with van der Waals surface area (Å²) < 4.78 is 0. The molecule has 0 spiro atoms. The highest BCUT2D eigenvalue weighted by Crippen LogP contribution is 2.13. The van der Waals surface area contributed by atoms with E-state index in [4.69, 9.17) is 0 Å². The molecule has 2 heterocycles. The molecular formula is C12H16N2O2S. The molecule has 0 aromatic carbocycles. The fraction of sp³-hybridized carbons (Fsp3) is 0.500. The molecule has 17 heavy (non-hydrogen) atoms. The lowest BCUT2D eigenvalue weighted by molar-refractivity contribution is -0.131. The van der Waals surface area contributed by atoms with Gasteiger partial charge < -0.3 is 10.2 Å². The summed E-state index contributed by atoms with van der Waals surface area (Å²) >= 11 is 1.66. The zero-order valence-electron chi connectivity index (χ0n) is 9.81. The second-order valence-electron chi connectivity index (χ2n) is 4.30. The van der Waals surface area contributed by atoms with Crippen molar-refractivity contribution < 1.29 is 9.59 Å². The lowest BCUT2D eigenvalue weighted by Gasteiger charge is -2.27. The topological polar surface area (TPSA) is 49.4 Å². The maximum atomic E-state index is 11.8. The van der Waals surface area contributed by atoms with E-state index in [0.717, 1.165) is 6.42 Å². The SMILES string of the molecule is CC(Cc1ccsc1)N1CCC(=O)NCC1=O. The van der Waals surface area contributed by atoms with Gasteiger partial charge in [-0.05, 0) is 35.7 Å². The minimum absolute atomic E-state index is 0.0126. The second kappa shape index (κ2) is 5.31. The van der Waals surface area contributed by atoms with Crippen molar-refractivity contribution in [2.45, 2.75) is 25.8 Å². The zero-order valence-corrected chi connectivity index (χ0v) is 10.6. The molecular weight excluding hydrogens is 236 g/mol. The molecule has 1 aliphatic heterocycles. The number of nitrogens with one attached hydrogen (secondary N) is 1. The lowest BCUT2D eigenvalue weighted by atomic mass is 10.1. The first-order valence-corrected chi connectivity index (χ1v) is 6.68. The molecule has 92 valence electrons. The van der Waals surface area contributed by atoms with Gasteiger partial charge in [-0.25, -0.2) is 0 Å². The molecule has 5 heteroatoms. The second-order valence-corrected chi connectivity index (χ2v) is 5.08. The average molecular weight is 252 g/mol. The van der Waals surface area contributed by atoms with Crippen LogP contribution in [0.1, 0.15) is 18.9 Å². The predicted molar refractivity (Wildman–Crippen MR) is 66.8 cm³/mol. The van der Waals surface area contributed by atoms with Gasteiger partial charge in [0.1, 0.15) is 0 Å². The summed E-state index contributed by atoms with van der Waals surface area (Å²) in [5.41, 5.74) is 1.25. The van der Waals surface area contributed by atoms with Crippen molar-refractivity contribution in [3.8, 4) is 0 Å². The Labute approximate surface area is 105 Å². The number of thiophene rings is 1. The van der Waals surface area contributed by atoms with Gasteiger partial charge in [0.05, 0.1) is 6.54 Å². The summed E-state index contributed by atoms with van der Waals surface area (Å²) in [6, 6.07) is 2.22. The summed E-state index contributed by atoms with van der Waals surface area (Å²) in [5, 5.41) is 6.75. The van der Waals surface area contributed by atoms with Gasteiger partial charge >= 0.3 is 0 Å². The normalized spacial score (nSPS) is 18.8. The Morgan fingerprint density at radius 3 is 3.06 bits per heavy atom. The minimum atomic E-state index is -0.0383. The Balaban J connectivity index is 1.99. The molecule has 1 unspecified atom stereocenters. The Morgan fingerprint density at radius 1 is 1.53 bits per heavy atom. The van der Waals surface area contributed by atoms with E-state index in [-0.39, 0.29) is 24.4 Å². The van der Waals surface area contributed by atoms with Gasteiger partial charge in [-0.3, -0.25) is 9.59 Å². The number of amides is 2. The summed E-state index contributed by atoms with van der Waals surface area (Å²) in [4.78, 5) is 24.9. The third kappa shape index (κ3) is 3.06. The average Bonchev–Trinajstić information content (AvgIpc) is 2.73. The van der Waals surface area contributed by atoms with E-state index in [1.807, 2.05) is 12.3 Å². The predicted octanol–water partition coefficient (Wildman–Crippen LogP) is 1.03. The molecule has 4 nitrogen and oxygen atoms in total. The van der Waals surface area contributed by atoms with E-state index < -0.39 is 0 Å². The molecule has 0 radical (unpaired) electrons. The molecule has 2 amide bonds. The Bertz CT molecular complexity index is 403. The van der Waals surface area contributed by atoms with Crippen LogP contribution in [0.15, 0.2) is 16.8 Å². The minimum Gasteiger partial charge on any atom is -0.347 e. The van der Waals surface area contributed by atoms with Gasteiger partial charge in [-0.2, -0.15) is 11.3 Å². The third-order valence-electron chi connectivity index (χ3n) is 2.98. The zero-order chi connectivity index (χ0) is 12.3. The highest BCUT2D eigenvalue weighted by molar-refractivity contribution is 7.07. The van der Waals surface area contributed by atoms with Crippen LogP contribution in [0.25, 0.3) is 0 Å². The van der Waals surface area contributed by atoms with Crippen molar-refractivity contribution in [1.82, 2.24) is 10.2 Å². The standard InChI is InChI=1S/C12H16N2O2S/c1-9(6-10-3-5-17-8-10)14-4-2-11(15)13-7-12(14)16/h3,5,8-9H,2,4,6-7H2,1H3,(H,13,15). The Morgan fingerprint density at radius 2 is 2.35 bits per heavy atom. The van der Waals surface area contributed by atoms with Gasteiger partial charge in [-0.1, -0.05) is 0 Å².